The summed E-state index contributed by atoms with van der Waals surface area (Å²) in [6.07, 6.45) is 0.508. The Morgan fingerprint density at radius 1 is 1.27 bits per heavy atom. The first-order valence-electron chi connectivity index (χ1n) is 5.46. The number of carbonyl (C=O) groups is 1. The maximum absolute atomic E-state index is 11.6. The molecule has 1 rings (SSSR count). The van der Waals surface area contributed by atoms with E-state index in [9.17, 15) is 9.90 Å². The first-order chi connectivity index (χ1) is 7.20. The van der Waals surface area contributed by atoms with E-state index in [0.717, 1.165) is 5.56 Å². The third-order valence-corrected chi connectivity index (χ3v) is 2.72. The highest BCUT2D eigenvalue weighted by atomic mass is 16.3. The molecule has 0 amide bonds. The molecule has 0 aliphatic rings. The molecule has 0 aliphatic heterocycles. The minimum Gasteiger partial charge on any atom is -0.388 e. The average Bonchev–Trinajstić information content (AvgIpc) is 2.30. The fourth-order valence-electron chi connectivity index (χ4n) is 1.77. The van der Waals surface area contributed by atoms with Crippen molar-refractivity contribution in [1.82, 2.24) is 0 Å². The van der Waals surface area contributed by atoms with Crippen LogP contribution in [0, 0.1) is 5.92 Å². The van der Waals surface area contributed by atoms with Gasteiger partial charge in [-0.25, -0.2) is 0 Å². The zero-order chi connectivity index (χ0) is 11.3. The van der Waals surface area contributed by atoms with E-state index in [2.05, 4.69) is 0 Å². The topological polar surface area (TPSA) is 37.3 Å². The monoisotopic (exact) mass is 206 g/mol. The Labute approximate surface area is 90.9 Å². The van der Waals surface area contributed by atoms with Gasteiger partial charge in [-0.05, 0) is 12.0 Å². The second kappa shape index (κ2) is 5.66. The van der Waals surface area contributed by atoms with Crippen LogP contribution in [0.25, 0.3) is 0 Å². The minimum atomic E-state index is -0.663. The van der Waals surface area contributed by atoms with Crippen LogP contribution in [0.5, 0.6) is 0 Å². The highest BCUT2D eigenvalue weighted by Gasteiger charge is 2.24. The van der Waals surface area contributed by atoms with Gasteiger partial charge in [-0.2, -0.15) is 0 Å². The van der Waals surface area contributed by atoms with E-state index in [1.165, 1.54) is 0 Å². The first kappa shape index (κ1) is 11.9. The standard InChI is InChI=1S/C13H18O2/c1-3-11(12(14)4-2)13(15)10-8-6-5-7-9-10/h5-9,11,13,15H,3-4H2,1-2H3/t11-,13+/m0/s1. The molecule has 0 saturated heterocycles. The van der Waals surface area contributed by atoms with Gasteiger partial charge in [0.2, 0.25) is 0 Å². The molecule has 0 unspecified atom stereocenters. The van der Waals surface area contributed by atoms with E-state index in [0.29, 0.717) is 12.8 Å². The zero-order valence-electron chi connectivity index (χ0n) is 9.31. The molecule has 0 saturated carbocycles. The lowest BCUT2D eigenvalue weighted by atomic mass is 9.89. The van der Waals surface area contributed by atoms with Gasteiger partial charge in [0.1, 0.15) is 5.78 Å². The van der Waals surface area contributed by atoms with Crippen LogP contribution in [-0.4, -0.2) is 10.9 Å². The fraction of sp³-hybridized carbons (Fsp3) is 0.462. The maximum atomic E-state index is 11.6. The van der Waals surface area contributed by atoms with Crippen LogP contribution in [0.3, 0.4) is 0 Å². The molecule has 0 radical (unpaired) electrons. The van der Waals surface area contributed by atoms with Gasteiger partial charge >= 0.3 is 0 Å². The minimum absolute atomic E-state index is 0.133. The molecule has 1 aromatic carbocycles. The largest absolute Gasteiger partial charge is 0.388 e. The average molecular weight is 206 g/mol. The number of benzene rings is 1. The second-order valence-electron chi connectivity index (χ2n) is 3.69. The first-order valence-corrected chi connectivity index (χ1v) is 5.46. The number of Topliss-reactive ketones (excluding diaryl/α,β-unsaturated/α-hetero) is 1. The molecule has 2 heteroatoms. The number of ketones is 1. The quantitative estimate of drug-likeness (QED) is 0.804. The van der Waals surface area contributed by atoms with Crippen LogP contribution in [-0.2, 0) is 4.79 Å². The molecular weight excluding hydrogens is 188 g/mol. The summed E-state index contributed by atoms with van der Waals surface area (Å²) in [6.45, 7) is 3.77. The van der Waals surface area contributed by atoms with Crippen molar-refractivity contribution in [2.45, 2.75) is 32.8 Å². The van der Waals surface area contributed by atoms with E-state index >= 15 is 0 Å². The van der Waals surface area contributed by atoms with Crippen molar-refractivity contribution in [1.29, 1.82) is 0 Å². The molecule has 0 spiro atoms. The van der Waals surface area contributed by atoms with Crippen molar-refractivity contribution >= 4 is 5.78 Å². The molecule has 0 bridgehead atoms. The summed E-state index contributed by atoms with van der Waals surface area (Å²) in [5.74, 6) is -0.133. The highest BCUT2D eigenvalue weighted by molar-refractivity contribution is 5.81. The van der Waals surface area contributed by atoms with Crippen molar-refractivity contribution < 1.29 is 9.90 Å². The van der Waals surface area contributed by atoms with Crippen LogP contribution in [0.1, 0.15) is 38.4 Å². The van der Waals surface area contributed by atoms with Crippen molar-refractivity contribution in [3.63, 3.8) is 0 Å². The Morgan fingerprint density at radius 3 is 2.33 bits per heavy atom. The van der Waals surface area contributed by atoms with E-state index in [1.807, 2.05) is 44.2 Å². The molecule has 2 atom stereocenters. The molecule has 15 heavy (non-hydrogen) atoms. The van der Waals surface area contributed by atoms with Gasteiger partial charge in [-0.3, -0.25) is 4.79 Å². The summed E-state index contributed by atoms with van der Waals surface area (Å²) in [7, 11) is 0. The zero-order valence-corrected chi connectivity index (χ0v) is 9.31. The lowest BCUT2D eigenvalue weighted by molar-refractivity contribution is -0.126. The third-order valence-electron chi connectivity index (χ3n) is 2.72. The Kier molecular flexibility index (Phi) is 4.50. The van der Waals surface area contributed by atoms with Crippen molar-refractivity contribution in [2.75, 3.05) is 0 Å². The van der Waals surface area contributed by atoms with Crippen LogP contribution in [0.4, 0.5) is 0 Å². The lowest BCUT2D eigenvalue weighted by Crippen LogP contribution is -2.21. The molecule has 0 heterocycles. The van der Waals surface area contributed by atoms with Gasteiger partial charge in [-0.15, -0.1) is 0 Å². The van der Waals surface area contributed by atoms with Crippen molar-refractivity contribution in [3.8, 4) is 0 Å². The smallest absolute Gasteiger partial charge is 0.138 e. The summed E-state index contributed by atoms with van der Waals surface area (Å²) in [5.41, 5.74) is 0.825. The van der Waals surface area contributed by atoms with Gasteiger partial charge in [0.15, 0.2) is 0 Å². The van der Waals surface area contributed by atoms with Gasteiger partial charge < -0.3 is 5.11 Å². The third kappa shape index (κ3) is 2.90. The Morgan fingerprint density at radius 2 is 1.87 bits per heavy atom. The number of aliphatic hydroxyl groups excluding tert-OH is 1. The van der Waals surface area contributed by atoms with Gasteiger partial charge in [0, 0.05) is 12.3 Å². The van der Waals surface area contributed by atoms with Gasteiger partial charge in [-0.1, -0.05) is 44.2 Å². The molecule has 0 aliphatic carbocycles. The maximum Gasteiger partial charge on any atom is 0.138 e. The van der Waals surface area contributed by atoms with Crippen LogP contribution < -0.4 is 0 Å². The highest BCUT2D eigenvalue weighted by Crippen LogP contribution is 2.25. The number of carbonyl (C=O) groups excluding carboxylic acids is 1. The van der Waals surface area contributed by atoms with Crippen LogP contribution >= 0.6 is 0 Å². The molecule has 82 valence electrons. The number of hydrogen-bond donors (Lipinski definition) is 1. The van der Waals surface area contributed by atoms with E-state index in [1.54, 1.807) is 0 Å². The van der Waals surface area contributed by atoms with E-state index in [-0.39, 0.29) is 11.7 Å². The van der Waals surface area contributed by atoms with Crippen molar-refractivity contribution in [3.05, 3.63) is 35.9 Å². The van der Waals surface area contributed by atoms with Crippen LogP contribution in [0.15, 0.2) is 30.3 Å². The predicted molar refractivity (Wildman–Crippen MR) is 60.5 cm³/mol. The van der Waals surface area contributed by atoms with E-state index < -0.39 is 6.10 Å². The lowest BCUT2D eigenvalue weighted by Gasteiger charge is -2.20. The molecule has 1 N–H and O–H groups in total. The van der Waals surface area contributed by atoms with Crippen molar-refractivity contribution in [2.24, 2.45) is 5.92 Å². The summed E-state index contributed by atoms with van der Waals surface area (Å²) in [6, 6.07) is 9.37. The molecule has 0 fully saturated rings. The molecule has 1 aromatic rings. The summed E-state index contributed by atoms with van der Waals surface area (Å²) in [4.78, 5) is 11.6. The SMILES string of the molecule is CCC(=O)[C@H](CC)[C@H](O)c1ccccc1. The number of rotatable bonds is 5. The van der Waals surface area contributed by atoms with Gasteiger partial charge in [0.05, 0.1) is 6.10 Å². The predicted octanol–water partition coefficient (Wildman–Crippen LogP) is 2.73. The fourth-order valence-corrected chi connectivity index (χ4v) is 1.77. The molecule has 0 aromatic heterocycles. The number of aliphatic hydroxyl groups is 1. The molecular formula is C13H18O2. The van der Waals surface area contributed by atoms with Crippen LogP contribution in [0.2, 0.25) is 0 Å². The Balaban J connectivity index is 2.82. The van der Waals surface area contributed by atoms with E-state index in [4.69, 9.17) is 0 Å². The molecule has 2 nitrogen and oxygen atoms in total. The van der Waals surface area contributed by atoms with Gasteiger partial charge in [0.25, 0.3) is 0 Å². The summed E-state index contributed by atoms with van der Waals surface area (Å²) < 4.78 is 0. The summed E-state index contributed by atoms with van der Waals surface area (Å²) in [5, 5.41) is 10.1. The summed E-state index contributed by atoms with van der Waals surface area (Å²) >= 11 is 0. The normalized spacial score (nSPS) is 14.6. The second-order valence-corrected chi connectivity index (χ2v) is 3.69. The number of hydrogen-bond acceptors (Lipinski definition) is 2. The Hall–Kier alpha value is -1.15. The Bertz CT molecular complexity index is 306.